The van der Waals surface area contributed by atoms with E-state index in [1.54, 1.807) is 53.1 Å². The number of nitrogen functional groups attached to an aromatic ring is 1. The van der Waals surface area contributed by atoms with E-state index >= 15 is 0 Å². The number of H-pyrrole nitrogens is 1. The predicted octanol–water partition coefficient (Wildman–Crippen LogP) is 4.05. The summed E-state index contributed by atoms with van der Waals surface area (Å²) in [7, 11) is -3.74. The minimum atomic E-state index is -3.74. The Kier molecular flexibility index (Phi) is 11.3. The number of carbonyl (C=O) groups excluding carboxylic acids is 2. The quantitative estimate of drug-likeness (QED) is 0.145. The zero-order valence-corrected chi connectivity index (χ0v) is 24.4. The van der Waals surface area contributed by atoms with Crippen molar-refractivity contribution in [1.29, 1.82) is 0 Å². The van der Waals surface area contributed by atoms with E-state index in [2.05, 4.69) is 15.0 Å². The van der Waals surface area contributed by atoms with Crippen molar-refractivity contribution < 1.29 is 27.9 Å². The molecule has 4 rings (SSSR count). The van der Waals surface area contributed by atoms with Crippen molar-refractivity contribution >= 4 is 58.5 Å². The largest absolute Gasteiger partial charge is 0.369 e. The number of nitrogens with zero attached hydrogens (tertiary/aromatic N) is 3. The third kappa shape index (κ3) is 9.12. The van der Waals surface area contributed by atoms with Crippen LogP contribution in [0.3, 0.4) is 0 Å². The number of fused-ring (bicyclic) bond motifs is 1. The van der Waals surface area contributed by atoms with Gasteiger partial charge in [0.05, 0.1) is 26.1 Å². The Labute approximate surface area is 243 Å². The van der Waals surface area contributed by atoms with Gasteiger partial charge in [0.15, 0.2) is 11.2 Å². The highest BCUT2D eigenvalue weighted by Gasteiger charge is 2.26. The molecule has 3 N–H and O–H groups in total. The maximum Gasteiger partial charge on any atom is 0.356 e. The van der Waals surface area contributed by atoms with Gasteiger partial charge in [0.25, 0.3) is 5.56 Å². The summed E-state index contributed by atoms with van der Waals surface area (Å²) in [4.78, 5) is 47.1. The molecule has 0 fully saturated rings. The molecule has 2 aromatic carbocycles. The first-order valence-corrected chi connectivity index (χ1v) is 16.2. The number of imidazole rings is 1. The minimum absolute atomic E-state index is 0.0158. The molecule has 0 atom stereocenters. The molecular weight excluding hydrogens is 589 g/mol. The molecule has 216 valence electrons. The summed E-state index contributed by atoms with van der Waals surface area (Å²) >= 11 is 2.09. The molecule has 2 aromatic heterocycles. The highest BCUT2D eigenvalue weighted by Crippen LogP contribution is 2.48. The van der Waals surface area contributed by atoms with Gasteiger partial charge in [-0.1, -0.05) is 84.2 Å². The van der Waals surface area contributed by atoms with Crippen LogP contribution < -0.4 is 11.3 Å². The van der Waals surface area contributed by atoms with Gasteiger partial charge in [-0.2, -0.15) is 4.98 Å². The van der Waals surface area contributed by atoms with Gasteiger partial charge < -0.3 is 24.1 Å². The average Bonchev–Trinajstić information content (AvgIpc) is 3.39. The van der Waals surface area contributed by atoms with Crippen molar-refractivity contribution in [3.63, 3.8) is 0 Å². The Morgan fingerprint density at radius 3 is 2.02 bits per heavy atom. The number of hydrogen-bond acceptors (Lipinski definition) is 12. The second-order valence-corrected chi connectivity index (χ2v) is 12.5. The van der Waals surface area contributed by atoms with Gasteiger partial charge in [-0.3, -0.25) is 23.9 Å². The average molecular weight is 618 g/mol. The van der Waals surface area contributed by atoms with Gasteiger partial charge >= 0.3 is 7.60 Å². The molecule has 0 amide bonds. The zero-order chi connectivity index (χ0) is 29.1. The smallest absolute Gasteiger partial charge is 0.356 e. The van der Waals surface area contributed by atoms with Gasteiger partial charge in [-0.05, 0) is 0 Å². The molecule has 41 heavy (non-hydrogen) atoms. The Bertz CT molecular complexity index is 1500. The number of aromatic nitrogens is 4. The van der Waals surface area contributed by atoms with Crippen LogP contribution in [0.1, 0.15) is 20.7 Å². The number of thioether (sulfide) groups is 2. The van der Waals surface area contributed by atoms with Crippen LogP contribution in [0, 0.1) is 0 Å². The fourth-order valence-corrected chi connectivity index (χ4v) is 6.39. The van der Waals surface area contributed by atoms with Crippen molar-refractivity contribution in [2.24, 2.45) is 0 Å². The lowest BCUT2D eigenvalue weighted by Crippen LogP contribution is -2.14. The standard InChI is InChI=1S/C26H28N5O7PS2/c27-26-29-22-21(23(32)30-26)28-17-31(22)11-12-36-18-39(35,37-13-15-40-24(33)19-7-3-1-4-8-19)38-14-16-41-25(34)20-9-5-2-6-10-20/h1-10,17H,11-16,18H2,(H3,27,29,30,32). The van der Waals surface area contributed by atoms with Crippen LogP contribution in [0.4, 0.5) is 5.95 Å². The predicted molar refractivity (Wildman–Crippen MR) is 159 cm³/mol. The molecule has 0 bridgehead atoms. The number of aromatic amines is 1. The molecule has 0 unspecified atom stereocenters. The summed E-state index contributed by atoms with van der Waals surface area (Å²) < 4.78 is 31.9. The molecule has 0 aliphatic carbocycles. The lowest BCUT2D eigenvalue weighted by molar-refractivity contribution is 0.108. The highest BCUT2D eigenvalue weighted by molar-refractivity contribution is 8.14. The summed E-state index contributed by atoms with van der Waals surface area (Å²) in [6.07, 6.45) is 1.08. The van der Waals surface area contributed by atoms with E-state index in [4.69, 9.17) is 19.5 Å². The number of carbonyl (C=O) groups is 2. The molecule has 0 spiro atoms. The Hall–Kier alpha value is -3.26. The fourth-order valence-electron chi connectivity index (χ4n) is 3.52. The topological polar surface area (TPSA) is 168 Å². The van der Waals surface area contributed by atoms with Crippen molar-refractivity contribution in [2.45, 2.75) is 6.54 Å². The third-order valence-electron chi connectivity index (χ3n) is 5.45. The molecule has 0 saturated carbocycles. The van der Waals surface area contributed by atoms with Crippen LogP contribution in [0.2, 0.25) is 0 Å². The van der Waals surface area contributed by atoms with Crippen LogP contribution in [0.25, 0.3) is 11.2 Å². The first-order chi connectivity index (χ1) is 19.8. The van der Waals surface area contributed by atoms with Gasteiger partial charge in [0.1, 0.15) is 6.35 Å². The Morgan fingerprint density at radius 2 is 1.46 bits per heavy atom. The van der Waals surface area contributed by atoms with Crippen LogP contribution in [-0.4, -0.2) is 67.4 Å². The summed E-state index contributed by atoms with van der Waals surface area (Å²) in [6, 6.07) is 17.6. The molecule has 2 heterocycles. The van der Waals surface area contributed by atoms with Crippen LogP contribution in [0.5, 0.6) is 0 Å². The third-order valence-corrected chi connectivity index (χ3v) is 8.84. The maximum atomic E-state index is 13.5. The van der Waals surface area contributed by atoms with Gasteiger partial charge in [0.2, 0.25) is 16.2 Å². The van der Waals surface area contributed by atoms with Crippen LogP contribution in [0.15, 0.2) is 71.8 Å². The molecule has 0 saturated heterocycles. The minimum Gasteiger partial charge on any atom is -0.369 e. The lowest BCUT2D eigenvalue weighted by atomic mass is 10.2. The van der Waals surface area contributed by atoms with Crippen molar-refractivity contribution in [2.75, 3.05) is 43.4 Å². The number of benzene rings is 2. The van der Waals surface area contributed by atoms with E-state index in [1.165, 1.54) is 6.33 Å². The number of nitrogens with two attached hydrogens (primary N) is 1. The monoisotopic (exact) mass is 617 g/mol. The van der Waals surface area contributed by atoms with E-state index in [-0.39, 0.29) is 65.9 Å². The Balaban J connectivity index is 1.29. The van der Waals surface area contributed by atoms with Gasteiger partial charge in [-0.15, -0.1) is 0 Å². The second-order valence-electron chi connectivity index (χ2n) is 8.38. The van der Waals surface area contributed by atoms with Gasteiger partial charge in [0, 0.05) is 29.2 Å². The summed E-state index contributed by atoms with van der Waals surface area (Å²) in [5.41, 5.74) is 6.74. The molecule has 12 nitrogen and oxygen atoms in total. The summed E-state index contributed by atoms with van der Waals surface area (Å²) in [6.45, 7) is 0.296. The van der Waals surface area contributed by atoms with E-state index in [1.807, 2.05) is 12.1 Å². The van der Waals surface area contributed by atoms with Gasteiger partial charge in [-0.25, -0.2) is 4.98 Å². The molecule has 15 heteroatoms. The molecule has 4 aromatic rings. The number of nitrogens with one attached hydrogen (secondary N) is 1. The van der Waals surface area contributed by atoms with Crippen molar-refractivity contribution in [3.05, 3.63) is 88.5 Å². The number of rotatable bonds is 15. The zero-order valence-electron chi connectivity index (χ0n) is 21.8. The number of anilines is 1. The van der Waals surface area contributed by atoms with E-state index in [0.29, 0.717) is 16.8 Å². The lowest BCUT2D eigenvalue weighted by Gasteiger charge is -2.18. The number of hydrogen-bond donors (Lipinski definition) is 2. The van der Waals surface area contributed by atoms with E-state index < -0.39 is 13.2 Å². The van der Waals surface area contributed by atoms with Crippen molar-refractivity contribution in [3.8, 4) is 0 Å². The van der Waals surface area contributed by atoms with Crippen molar-refractivity contribution in [1.82, 2.24) is 19.5 Å². The normalized spacial score (nSPS) is 11.6. The van der Waals surface area contributed by atoms with E-state index in [9.17, 15) is 18.9 Å². The highest BCUT2D eigenvalue weighted by atomic mass is 32.2. The van der Waals surface area contributed by atoms with Crippen LogP contribution in [-0.2, 0) is 24.9 Å². The molecule has 0 aliphatic rings. The first kappa shape index (κ1) is 30.7. The Morgan fingerprint density at radius 1 is 0.902 bits per heavy atom. The molecule has 0 aliphatic heterocycles. The second kappa shape index (κ2) is 15.1. The molecular formula is C26H28N5O7PS2. The first-order valence-electron chi connectivity index (χ1n) is 12.5. The fraction of sp³-hybridized carbons (Fsp3) is 0.269. The number of ether oxygens (including phenoxy) is 1. The molecule has 0 radical (unpaired) electrons. The van der Waals surface area contributed by atoms with Crippen LogP contribution >= 0.6 is 31.1 Å². The SMILES string of the molecule is Nc1nc2c(ncn2CCOCP(=O)(OCCSC(=O)c2ccccc2)OCCSC(=O)c2ccccc2)c(=O)[nH]1. The maximum absolute atomic E-state index is 13.5. The summed E-state index contributed by atoms with van der Waals surface area (Å²) in [5, 5.41) is -0.254. The summed E-state index contributed by atoms with van der Waals surface area (Å²) in [5.74, 6) is 0.472. The van der Waals surface area contributed by atoms with E-state index in [0.717, 1.165) is 23.5 Å².